The van der Waals surface area contributed by atoms with Crippen molar-refractivity contribution in [2.24, 2.45) is 11.8 Å². The van der Waals surface area contributed by atoms with E-state index in [1.807, 2.05) is 25.1 Å². The summed E-state index contributed by atoms with van der Waals surface area (Å²) in [5, 5.41) is 9.60. The normalized spacial score (nSPS) is 35.1. The van der Waals surface area contributed by atoms with Crippen LogP contribution in [-0.2, 0) is 14.3 Å². The van der Waals surface area contributed by atoms with Crippen LogP contribution in [-0.4, -0.2) is 23.5 Å². The number of carbonyl (C=O) groups is 2. The van der Waals surface area contributed by atoms with E-state index in [1.165, 1.54) is 12.1 Å². The van der Waals surface area contributed by atoms with Gasteiger partial charge in [-0.25, -0.2) is 4.90 Å². The molecule has 0 aliphatic carbocycles. The van der Waals surface area contributed by atoms with E-state index in [2.05, 4.69) is 0 Å². The summed E-state index contributed by atoms with van der Waals surface area (Å²) in [6.45, 7) is 1.81. The Balaban J connectivity index is 1.84. The number of imide groups is 1. The van der Waals surface area contributed by atoms with Crippen LogP contribution < -0.4 is 4.90 Å². The molecule has 2 amide bonds. The summed E-state index contributed by atoms with van der Waals surface area (Å²) in [5.74, 6) is -1.72. The highest BCUT2D eigenvalue weighted by Crippen LogP contribution is 2.52. The quantitative estimate of drug-likeness (QED) is 0.587. The average molecular weight is 315 g/mol. The highest BCUT2D eigenvalue weighted by molar-refractivity contribution is 6.31. The Morgan fingerprint density at radius 3 is 2.82 bits per heavy atom. The molecule has 3 aliphatic heterocycles. The number of nitriles is 1. The van der Waals surface area contributed by atoms with Gasteiger partial charge in [-0.2, -0.15) is 5.26 Å². The fraction of sp³-hybridized carbons (Fsp3) is 0.312. The number of nitrogens with zero attached hydrogens (tertiary/aromatic N) is 2. The predicted molar refractivity (Wildman–Crippen MR) is 78.1 cm³/mol. The lowest BCUT2D eigenvalue weighted by atomic mass is 9.78. The second-order valence-electron chi connectivity index (χ2n) is 5.91. The van der Waals surface area contributed by atoms with Gasteiger partial charge in [0.15, 0.2) is 0 Å². The van der Waals surface area contributed by atoms with E-state index in [9.17, 15) is 14.9 Å². The van der Waals surface area contributed by atoms with Crippen molar-refractivity contribution in [3.8, 4) is 6.07 Å². The maximum atomic E-state index is 12.8. The molecule has 2 saturated heterocycles. The van der Waals surface area contributed by atoms with Crippen molar-refractivity contribution >= 4 is 29.1 Å². The maximum Gasteiger partial charge on any atom is 0.241 e. The fourth-order valence-corrected chi connectivity index (χ4v) is 3.84. The Kier molecular flexibility index (Phi) is 2.57. The lowest BCUT2D eigenvalue weighted by molar-refractivity contribution is -0.126. The summed E-state index contributed by atoms with van der Waals surface area (Å²) >= 11 is 5.97. The predicted octanol–water partition coefficient (Wildman–Crippen LogP) is 2.04. The highest BCUT2D eigenvalue weighted by atomic mass is 35.5. The molecule has 2 fully saturated rings. The lowest BCUT2D eigenvalue weighted by Crippen LogP contribution is -2.38. The van der Waals surface area contributed by atoms with Gasteiger partial charge in [0, 0.05) is 5.02 Å². The molecule has 1 aromatic carbocycles. The van der Waals surface area contributed by atoms with Crippen molar-refractivity contribution < 1.29 is 14.3 Å². The van der Waals surface area contributed by atoms with Gasteiger partial charge < -0.3 is 4.74 Å². The van der Waals surface area contributed by atoms with E-state index in [0.717, 1.165) is 4.90 Å². The zero-order chi connectivity index (χ0) is 15.6. The molecule has 22 heavy (non-hydrogen) atoms. The Bertz CT molecular complexity index is 797. The third-order valence-electron chi connectivity index (χ3n) is 4.65. The summed E-state index contributed by atoms with van der Waals surface area (Å²) in [6.07, 6.45) is 3.30. The minimum atomic E-state index is -0.748. The molecule has 0 spiro atoms. The molecule has 0 N–H and O–H groups in total. The second kappa shape index (κ2) is 4.19. The van der Waals surface area contributed by atoms with E-state index in [0.29, 0.717) is 5.02 Å². The number of benzene rings is 1. The number of fused-ring (bicyclic) bond motifs is 5. The van der Waals surface area contributed by atoms with Crippen LogP contribution in [0.1, 0.15) is 12.5 Å². The second-order valence-corrected chi connectivity index (χ2v) is 6.35. The van der Waals surface area contributed by atoms with Crippen molar-refractivity contribution in [2.75, 3.05) is 4.90 Å². The molecule has 2 bridgehead atoms. The molecule has 0 aromatic heterocycles. The van der Waals surface area contributed by atoms with Crippen LogP contribution in [0.5, 0.6) is 0 Å². The molecule has 1 aromatic rings. The number of amides is 2. The molecule has 4 atom stereocenters. The van der Waals surface area contributed by atoms with Crippen molar-refractivity contribution in [1.82, 2.24) is 0 Å². The number of hydrogen-bond acceptors (Lipinski definition) is 4. The van der Waals surface area contributed by atoms with Crippen LogP contribution in [0.25, 0.3) is 0 Å². The van der Waals surface area contributed by atoms with E-state index >= 15 is 0 Å². The van der Waals surface area contributed by atoms with E-state index < -0.39 is 17.4 Å². The van der Waals surface area contributed by atoms with Gasteiger partial charge in [-0.3, -0.25) is 9.59 Å². The van der Waals surface area contributed by atoms with Crippen LogP contribution in [0.2, 0.25) is 5.02 Å². The Morgan fingerprint density at radius 1 is 1.36 bits per heavy atom. The summed E-state index contributed by atoms with van der Waals surface area (Å²) < 4.78 is 5.76. The number of carbonyl (C=O) groups excluding carboxylic acids is 2. The molecule has 0 saturated carbocycles. The first-order valence-electron chi connectivity index (χ1n) is 6.91. The van der Waals surface area contributed by atoms with Gasteiger partial charge in [0.25, 0.3) is 0 Å². The standard InChI is InChI=1S/C16H11ClN2O3/c1-16-5-4-11(22-16)12-13(16)15(21)19(14(12)20)10-6-9(17)3-2-8(10)7-18/h2-6,11-13H,1H3/t11-,12+,13-,16+/m1/s1. The SMILES string of the molecule is C[C@@]12C=C[C@@H](O1)[C@@H]1C(=O)N(c3cc(Cl)ccc3C#N)C(=O)[C@@H]12. The summed E-state index contributed by atoms with van der Waals surface area (Å²) in [6, 6.07) is 6.56. The summed E-state index contributed by atoms with van der Waals surface area (Å²) in [7, 11) is 0. The molecular formula is C16H11ClN2O3. The molecule has 4 rings (SSSR count). The number of rotatable bonds is 1. The van der Waals surface area contributed by atoms with Gasteiger partial charge in [0.1, 0.15) is 6.07 Å². The van der Waals surface area contributed by atoms with Crippen molar-refractivity contribution in [1.29, 1.82) is 5.26 Å². The molecular weight excluding hydrogens is 304 g/mol. The number of hydrogen-bond donors (Lipinski definition) is 0. The van der Waals surface area contributed by atoms with E-state index in [4.69, 9.17) is 16.3 Å². The smallest absolute Gasteiger partial charge is 0.241 e. The first kappa shape index (κ1) is 13.5. The molecule has 0 radical (unpaired) electrons. The first-order valence-corrected chi connectivity index (χ1v) is 7.29. The number of anilines is 1. The Labute approximate surface area is 131 Å². The number of halogens is 1. The van der Waals surface area contributed by atoms with Crippen LogP contribution in [0.3, 0.4) is 0 Å². The van der Waals surface area contributed by atoms with Crippen molar-refractivity contribution in [3.05, 3.63) is 40.9 Å². The van der Waals surface area contributed by atoms with Gasteiger partial charge >= 0.3 is 0 Å². The number of ether oxygens (including phenoxy) is 1. The molecule has 3 heterocycles. The van der Waals surface area contributed by atoms with Crippen molar-refractivity contribution in [2.45, 2.75) is 18.6 Å². The van der Waals surface area contributed by atoms with Crippen LogP contribution in [0.15, 0.2) is 30.4 Å². The Morgan fingerprint density at radius 2 is 2.14 bits per heavy atom. The topological polar surface area (TPSA) is 70.4 Å². The van der Waals surface area contributed by atoms with Crippen LogP contribution >= 0.6 is 11.6 Å². The molecule has 6 heteroatoms. The molecule has 5 nitrogen and oxygen atoms in total. The third kappa shape index (κ3) is 1.51. The fourth-order valence-electron chi connectivity index (χ4n) is 3.67. The zero-order valence-electron chi connectivity index (χ0n) is 11.6. The molecule has 3 aliphatic rings. The summed E-state index contributed by atoms with van der Waals surface area (Å²) in [5.41, 5.74) is -0.248. The average Bonchev–Trinajstić information content (AvgIpc) is 3.08. The first-order chi connectivity index (χ1) is 10.5. The zero-order valence-corrected chi connectivity index (χ0v) is 12.4. The van der Waals surface area contributed by atoms with Crippen LogP contribution in [0, 0.1) is 23.2 Å². The monoisotopic (exact) mass is 314 g/mol. The van der Waals surface area contributed by atoms with Gasteiger partial charge in [-0.1, -0.05) is 23.8 Å². The highest BCUT2D eigenvalue weighted by Gasteiger charge is 2.66. The van der Waals surface area contributed by atoms with Gasteiger partial charge in [-0.15, -0.1) is 0 Å². The van der Waals surface area contributed by atoms with E-state index in [1.54, 1.807) is 6.07 Å². The minimum absolute atomic E-state index is 0.248. The maximum absolute atomic E-state index is 12.8. The van der Waals surface area contributed by atoms with Crippen LogP contribution in [0.4, 0.5) is 5.69 Å². The Hall–Kier alpha value is -2.16. The third-order valence-corrected chi connectivity index (χ3v) is 4.89. The molecule has 0 unspecified atom stereocenters. The molecule has 110 valence electrons. The van der Waals surface area contributed by atoms with Crippen molar-refractivity contribution in [3.63, 3.8) is 0 Å². The van der Waals surface area contributed by atoms with Gasteiger partial charge in [-0.05, 0) is 25.1 Å². The van der Waals surface area contributed by atoms with E-state index in [-0.39, 0.29) is 29.2 Å². The van der Waals surface area contributed by atoms with Gasteiger partial charge in [0.2, 0.25) is 11.8 Å². The van der Waals surface area contributed by atoms with Gasteiger partial charge in [0.05, 0.1) is 34.8 Å². The largest absolute Gasteiger partial charge is 0.362 e. The summed E-state index contributed by atoms with van der Waals surface area (Å²) in [4.78, 5) is 26.7. The minimum Gasteiger partial charge on any atom is -0.362 e. The lowest BCUT2D eigenvalue weighted by Gasteiger charge is -2.24.